The van der Waals surface area contributed by atoms with Crippen LogP contribution in [0.25, 0.3) is 0 Å². The molecule has 1 heteroatoms. The summed E-state index contributed by atoms with van der Waals surface area (Å²) in [6.45, 7) is 2.23. The van der Waals surface area contributed by atoms with Gasteiger partial charge in [0.2, 0.25) is 0 Å². The molecule has 0 aromatic heterocycles. The van der Waals surface area contributed by atoms with Crippen LogP contribution in [0.5, 0.6) is 0 Å². The lowest BCUT2D eigenvalue weighted by molar-refractivity contribution is -0.0825. The Morgan fingerprint density at radius 3 is 1.74 bits per heavy atom. The zero-order valence-electron chi connectivity index (χ0n) is 12.6. The molecule has 0 amide bonds. The van der Waals surface area contributed by atoms with Crippen LogP contribution in [0.2, 0.25) is 0 Å². The fourth-order valence-corrected chi connectivity index (χ4v) is 6.73. The van der Waals surface area contributed by atoms with Gasteiger partial charge in [0.05, 0.1) is 0 Å². The van der Waals surface area contributed by atoms with E-state index < -0.39 is 0 Å². The standard InChI is InChI=1S/C18H31N/c1-12(19)15-4-6-18(7-5-15)16-8-13-2-3-14(10-16)11-17(18)9-13/h12-17H,2-11,19H2,1H3. The van der Waals surface area contributed by atoms with E-state index in [0.29, 0.717) is 6.04 Å². The van der Waals surface area contributed by atoms with Crippen LogP contribution in [0, 0.1) is 35.0 Å². The van der Waals surface area contributed by atoms with E-state index in [4.69, 9.17) is 5.73 Å². The molecule has 2 N–H and O–H groups in total. The highest BCUT2D eigenvalue weighted by Gasteiger charge is 2.55. The van der Waals surface area contributed by atoms with Crippen LogP contribution in [0.1, 0.15) is 71.1 Å². The first-order valence-corrected chi connectivity index (χ1v) is 8.93. The summed E-state index contributed by atoms with van der Waals surface area (Å²) in [5.41, 5.74) is 6.94. The van der Waals surface area contributed by atoms with Gasteiger partial charge in [-0.25, -0.2) is 0 Å². The lowest BCUT2D eigenvalue weighted by Gasteiger charge is -2.58. The molecule has 1 atom stereocenters. The van der Waals surface area contributed by atoms with E-state index in [2.05, 4.69) is 6.92 Å². The average molecular weight is 261 g/mol. The number of rotatable bonds is 1. The second-order valence-corrected chi connectivity index (χ2v) is 8.58. The highest BCUT2D eigenvalue weighted by atomic mass is 14.7. The normalized spacial score (nSPS) is 54.3. The molecular formula is C18H31N. The van der Waals surface area contributed by atoms with Crippen molar-refractivity contribution in [1.29, 1.82) is 0 Å². The van der Waals surface area contributed by atoms with E-state index >= 15 is 0 Å². The van der Waals surface area contributed by atoms with Gasteiger partial charge >= 0.3 is 0 Å². The van der Waals surface area contributed by atoms with Crippen LogP contribution in [0.15, 0.2) is 0 Å². The first-order valence-electron chi connectivity index (χ1n) is 8.93. The van der Waals surface area contributed by atoms with Gasteiger partial charge in [-0.3, -0.25) is 0 Å². The maximum absolute atomic E-state index is 6.16. The first kappa shape index (κ1) is 12.7. The molecule has 0 radical (unpaired) electrons. The third-order valence-electron chi connectivity index (χ3n) is 7.79. The maximum atomic E-state index is 6.16. The molecule has 0 heterocycles. The molecule has 1 spiro atoms. The van der Waals surface area contributed by atoms with Crippen molar-refractivity contribution >= 4 is 0 Å². The predicted octanol–water partition coefficient (Wildman–Crippen LogP) is 4.36. The smallest absolute Gasteiger partial charge is 0.00387 e. The lowest BCUT2D eigenvalue weighted by Crippen LogP contribution is -2.50. The van der Waals surface area contributed by atoms with Gasteiger partial charge in [-0.1, -0.05) is 12.8 Å². The van der Waals surface area contributed by atoms with E-state index in [1.165, 1.54) is 25.7 Å². The molecule has 1 nitrogen and oxygen atoms in total. The third-order valence-corrected chi connectivity index (χ3v) is 7.79. The van der Waals surface area contributed by atoms with E-state index in [1.807, 2.05) is 0 Å². The molecule has 5 rings (SSSR count). The van der Waals surface area contributed by atoms with Crippen LogP contribution in [0.3, 0.4) is 0 Å². The molecule has 5 saturated carbocycles. The van der Waals surface area contributed by atoms with Gasteiger partial charge in [-0.15, -0.1) is 0 Å². The van der Waals surface area contributed by atoms with Gasteiger partial charge in [0, 0.05) is 6.04 Å². The summed E-state index contributed by atoms with van der Waals surface area (Å²) in [4.78, 5) is 0. The summed E-state index contributed by atoms with van der Waals surface area (Å²) < 4.78 is 0. The molecule has 5 fully saturated rings. The van der Waals surface area contributed by atoms with Gasteiger partial charge in [0.25, 0.3) is 0 Å². The summed E-state index contributed by atoms with van der Waals surface area (Å²) in [5, 5.41) is 0. The third kappa shape index (κ3) is 1.91. The maximum Gasteiger partial charge on any atom is 0.00387 e. The summed E-state index contributed by atoms with van der Waals surface area (Å²) in [6.07, 6.45) is 15.4. The Bertz CT molecular complexity index is 306. The molecule has 5 aliphatic carbocycles. The zero-order valence-corrected chi connectivity index (χ0v) is 12.6. The molecule has 1 unspecified atom stereocenters. The van der Waals surface area contributed by atoms with Crippen molar-refractivity contribution in [2.75, 3.05) is 0 Å². The zero-order chi connectivity index (χ0) is 13.0. The Morgan fingerprint density at radius 1 is 0.842 bits per heavy atom. The summed E-state index contributed by atoms with van der Waals surface area (Å²) >= 11 is 0. The van der Waals surface area contributed by atoms with Crippen LogP contribution < -0.4 is 5.73 Å². The van der Waals surface area contributed by atoms with Crippen molar-refractivity contribution in [2.24, 2.45) is 40.7 Å². The van der Waals surface area contributed by atoms with E-state index in [-0.39, 0.29) is 0 Å². The molecular weight excluding hydrogens is 230 g/mol. The SMILES string of the molecule is CC(N)C1CCC2(CC1)C1CC3CCC(C1)CC2C3. The largest absolute Gasteiger partial charge is 0.328 e. The second-order valence-electron chi connectivity index (χ2n) is 8.58. The van der Waals surface area contributed by atoms with Crippen LogP contribution in [-0.4, -0.2) is 6.04 Å². The van der Waals surface area contributed by atoms with Crippen LogP contribution in [0.4, 0.5) is 0 Å². The van der Waals surface area contributed by atoms with Crippen molar-refractivity contribution in [3.8, 4) is 0 Å². The van der Waals surface area contributed by atoms with Crippen molar-refractivity contribution in [3.63, 3.8) is 0 Å². The van der Waals surface area contributed by atoms with Crippen molar-refractivity contribution < 1.29 is 0 Å². The number of nitrogens with two attached hydrogens (primary N) is 1. The van der Waals surface area contributed by atoms with E-state index in [9.17, 15) is 0 Å². The fraction of sp³-hybridized carbons (Fsp3) is 1.00. The van der Waals surface area contributed by atoms with Crippen molar-refractivity contribution in [1.82, 2.24) is 0 Å². The second kappa shape index (κ2) is 4.48. The molecule has 0 saturated heterocycles. The van der Waals surface area contributed by atoms with Crippen LogP contribution >= 0.6 is 0 Å². The number of fused-ring (bicyclic) bond motifs is 1. The first-order chi connectivity index (χ1) is 9.17. The minimum absolute atomic E-state index is 0.428. The molecule has 4 bridgehead atoms. The lowest BCUT2D eigenvalue weighted by atomic mass is 9.47. The summed E-state index contributed by atoms with van der Waals surface area (Å²) in [5.74, 6) is 5.25. The minimum atomic E-state index is 0.428. The molecule has 108 valence electrons. The van der Waals surface area contributed by atoms with Gasteiger partial charge in [0.1, 0.15) is 0 Å². The monoisotopic (exact) mass is 261 g/mol. The minimum Gasteiger partial charge on any atom is -0.328 e. The Labute approximate surface area is 118 Å². The van der Waals surface area contributed by atoms with Crippen molar-refractivity contribution in [3.05, 3.63) is 0 Å². The quantitative estimate of drug-likeness (QED) is 0.746. The van der Waals surface area contributed by atoms with E-state index in [0.717, 1.165) is 35.0 Å². The van der Waals surface area contributed by atoms with Gasteiger partial charge in [0.15, 0.2) is 0 Å². The highest BCUT2D eigenvalue weighted by Crippen LogP contribution is 2.65. The van der Waals surface area contributed by atoms with E-state index in [1.54, 1.807) is 38.5 Å². The Morgan fingerprint density at radius 2 is 1.32 bits per heavy atom. The summed E-state index contributed by atoms with van der Waals surface area (Å²) in [6, 6.07) is 0.428. The molecule has 0 aromatic carbocycles. The topological polar surface area (TPSA) is 26.0 Å². The fourth-order valence-electron chi connectivity index (χ4n) is 6.73. The number of hydrogen-bond acceptors (Lipinski definition) is 1. The van der Waals surface area contributed by atoms with Gasteiger partial charge in [-0.2, -0.15) is 0 Å². The highest BCUT2D eigenvalue weighted by molar-refractivity contribution is 5.05. The van der Waals surface area contributed by atoms with Crippen LogP contribution in [-0.2, 0) is 0 Å². The Kier molecular flexibility index (Phi) is 2.99. The molecule has 5 aliphatic rings. The Balaban J connectivity index is 1.56. The van der Waals surface area contributed by atoms with Crippen molar-refractivity contribution in [2.45, 2.75) is 77.2 Å². The molecule has 19 heavy (non-hydrogen) atoms. The van der Waals surface area contributed by atoms with Gasteiger partial charge < -0.3 is 5.73 Å². The predicted molar refractivity (Wildman–Crippen MR) is 79.7 cm³/mol. The molecule has 0 aromatic rings. The number of hydrogen-bond donors (Lipinski definition) is 1. The van der Waals surface area contributed by atoms with Gasteiger partial charge in [-0.05, 0) is 93.3 Å². The molecule has 0 aliphatic heterocycles. The average Bonchev–Trinajstić information content (AvgIpc) is 2.66. The summed E-state index contributed by atoms with van der Waals surface area (Å²) in [7, 11) is 0. The Hall–Kier alpha value is -0.0400.